The second-order valence-electron chi connectivity index (χ2n) is 5.61. The van der Waals surface area contributed by atoms with E-state index >= 15 is 0 Å². The molecule has 26 heavy (non-hydrogen) atoms. The van der Waals surface area contributed by atoms with Crippen molar-refractivity contribution in [2.24, 2.45) is 0 Å². The van der Waals surface area contributed by atoms with Crippen LogP contribution in [0.5, 0.6) is 11.5 Å². The Balaban J connectivity index is 2.43. The molecule has 2 aromatic rings. The summed E-state index contributed by atoms with van der Waals surface area (Å²) >= 11 is 0. The normalized spacial score (nSPS) is 11.4. The summed E-state index contributed by atoms with van der Waals surface area (Å²) in [5, 5.41) is 11.1. The van der Waals surface area contributed by atoms with Gasteiger partial charge in [-0.2, -0.15) is 4.31 Å². The number of nitrogens with zero attached hydrogens (tertiary/aromatic N) is 2. The number of hydrogen-bond acceptors (Lipinski definition) is 6. The van der Waals surface area contributed by atoms with Crippen molar-refractivity contribution in [2.45, 2.75) is 18.4 Å². The molecule has 0 bridgehead atoms. The van der Waals surface area contributed by atoms with Crippen LogP contribution >= 0.6 is 0 Å². The lowest BCUT2D eigenvalue weighted by atomic mass is 10.1. The number of ether oxygens (including phenoxy) is 2. The number of benzene rings is 2. The first-order chi connectivity index (χ1) is 12.2. The van der Waals surface area contributed by atoms with Crippen molar-refractivity contribution in [3.05, 3.63) is 57.6 Å². The summed E-state index contributed by atoms with van der Waals surface area (Å²) in [6, 6.07) is 8.99. The predicted molar refractivity (Wildman–Crippen MR) is 96.0 cm³/mol. The Morgan fingerprint density at radius 1 is 1.12 bits per heavy atom. The average molecular weight is 380 g/mol. The first-order valence-corrected chi connectivity index (χ1v) is 9.07. The summed E-state index contributed by atoms with van der Waals surface area (Å²) in [5.41, 5.74) is 0.711. The molecule has 0 atom stereocenters. The van der Waals surface area contributed by atoms with Crippen molar-refractivity contribution in [3.63, 3.8) is 0 Å². The average Bonchev–Trinajstić information content (AvgIpc) is 2.61. The summed E-state index contributed by atoms with van der Waals surface area (Å²) in [7, 11) is 0.418. The van der Waals surface area contributed by atoms with Crippen molar-refractivity contribution in [1.29, 1.82) is 0 Å². The Bertz CT molecular complexity index is 905. The number of aryl methyl sites for hydroxylation is 1. The number of sulfonamides is 1. The lowest BCUT2D eigenvalue weighted by molar-refractivity contribution is -0.385. The van der Waals surface area contributed by atoms with Gasteiger partial charge in [-0.25, -0.2) is 8.42 Å². The molecule has 0 spiro atoms. The Labute approximate surface area is 152 Å². The van der Waals surface area contributed by atoms with E-state index in [2.05, 4.69) is 0 Å². The topological polar surface area (TPSA) is 99.0 Å². The predicted octanol–water partition coefficient (Wildman–Crippen LogP) is 2.74. The first kappa shape index (κ1) is 19.7. The van der Waals surface area contributed by atoms with Gasteiger partial charge in [0, 0.05) is 25.2 Å². The standard InChI is InChI=1S/C17H20N2O6S/c1-12-8-9-13(10-15(12)19(20)21)26(22,23)18(2)11-14-16(24-3)6-5-7-17(14)25-4/h5-10H,11H2,1-4H3. The second kappa shape index (κ2) is 7.71. The van der Waals surface area contributed by atoms with Gasteiger partial charge < -0.3 is 9.47 Å². The highest BCUT2D eigenvalue weighted by Gasteiger charge is 2.26. The molecule has 8 nitrogen and oxygen atoms in total. The summed E-state index contributed by atoms with van der Waals surface area (Å²) in [6.07, 6.45) is 0. The van der Waals surface area contributed by atoms with Crippen LogP contribution < -0.4 is 9.47 Å². The van der Waals surface area contributed by atoms with Crippen LogP contribution in [0, 0.1) is 17.0 Å². The van der Waals surface area contributed by atoms with Crippen molar-refractivity contribution in [3.8, 4) is 11.5 Å². The largest absolute Gasteiger partial charge is 0.496 e. The molecule has 0 saturated carbocycles. The fourth-order valence-corrected chi connectivity index (χ4v) is 3.68. The highest BCUT2D eigenvalue weighted by molar-refractivity contribution is 7.89. The van der Waals surface area contributed by atoms with Gasteiger partial charge in [-0.15, -0.1) is 0 Å². The zero-order valence-corrected chi connectivity index (χ0v) is 15.7. The van der Waals surface area contributed by atoms with Crippen molar-refractivity contribution >= 4 is 15.7 Å². The van der Waals surface area contributed by atoms with E-state index in [1.165, 1.54) is 33.4 Å². The maximum absolute atomic E-state index is 12.8. The molecule has 9 heteroatoms. The maximum atomic E-state index is 12.8. The van der Waals surface area contributed by atoms with Gasteiger partial charge in [0.2, 0.25) is 10.0 Å². The molecule has 0 unspecified atom stereocenters. The molecule has 0 aromatic heterocycles. The van der Waals surface area contributed by atoms with Gasteiger partial charge in [0.05, 0.1) is 29.6 Å². The van der Waals surface area contributed by atoms with Crippen molar-refractivity contribution in [2.75, 3.05) is 21.3 Å². The molecule has 0 aliphatic heterocycles. The van der Waals surface area contributed by atoms with E-state index in [0.29, 0.717) is 22.6 Å². The van der Waals surface area contributed by atoms with Crippen molar-refractivity contribution in [1.82, 2.24) is 4.31 Å². The fourth-order valence-electron chi connectivity index (χ4n) is 2.52. The third-order valence-corrected chi connectivity index (χ3v) is 5.80. The highest BCUT2D eigenvalue weighted by atomic mass is 32.2. The fraction of sp³-hybridized carbons (Fsp3) is 0.294. The molecule has 0 N–H and O–H groups in total. The van der Waals surface area contributed by atoms with Crippen LogP contribution in [-0.4, -0.2) is 38.9 Å². The SMILES string of the molecule is COc1cccc(OC)c1CN(C)S(=O)(=O)c1ccc(C)c([N+](=O)[O-])c1. The Morgan fingerprint density at radius 3 is 2.19 bits per heavy atom. The molecule has 0 radical (unpaired) electrons. The van der Waals surface area contributed by atoms with Crippen LogP contribution in [-0.2, 0) is 16.6 Å². The van der Waals surface area contributed by atoms with Crippen LogP contribution in [0.3, 0.4) is 0 Å². The van der Waals surface area contributed by atoms with E-state index in [9.17, 15) is 18.5 Å². The zero-order valence-electron chi connectivity index (χ0n) is 14.9. The molecule has 0 fully saturated rings. The number of nitro groups is 1. The Kier molecular flexibility index (Phi) is 5.83. The number of rotatable bonds is 7. The molecule has 0 aliphatic carbocycles. The van der Waals surface area contributed by atoms with Gasteiger partial charge in [0.25, 0.3) is 5.69 Å². The molecular weight excluding hydrogens is 360 g/mol. The van der Waals surface area contributed by atoms with E-state index in [4.69, 9.17) is 9.47 Å². The van der Waals surface area contributed by atoms with Gasteiger partial charge >= 0.3 is 0 Å². The molecule has 0 heterocycles. The lowest BCUT2D eigenvalue weighted by Crippen LogP contribution is -2.27. The molecule has 0 aliphatic rings. The third kappa shape index (κ3) is 3.78. The van der Waals surface area contributed by atoms with Crippen LogP contribution in [0.2, 0.25) is 0 Å². The number of methoxy groups -OCH3 is 2. The van der Waals surface area contributed by atoms with Gasteiger partial charge in [-0.05, 0) is 25.1 Å². The van der Waals surface area contributed by atoms with Crippen LogP contribution in [0.25, 0.3) is 0 Å². The van der Waals surface area contributed by atoms with E-state index < -0.39 is 14.9 Å². The summed E-state index contributed by atoms with van der Waals surface area (Å²) in [4.78, 5) is 10.3. The van der Waals surface area contributed by atoms with E-state index in [-0.39, 0.29) is 17.1 Å². The van der Waals surface area contributed by atoms with Gasteiger partial charge in [-0.1, -0.05) is 12.1 Å². The summed E-state index contributed by atoms with van der Waals surface area (Å²) in [6.45, 7) is 1.54. The smallest absolute Gasteiger partial charge is 0.273 e. The molecule has 140 valence electrons. The Hall–Kier alpha value is -2.65. The molecule has 2 aromatic carbocycles. The molecular formula is C17H20N2O6S. The highest BCUT2D eigenvalue weighted by Crippen LogP contribution is 2.31. The van der Waals surface area contributed by atoms with Crippen LogP contribution in [0.4, 0.5) is 5.69 Å². The monoisotopic (exact) mass is 380 g/mol. The minimum atomic E-state index is -3.94. The molecule has 0 amide bonds. The lowest BCUT2D eigenvalue weighted by Gasteiger charge is -2.20. The zero-order chi connectivity index (χ0) is 19.5. The maximum Gasteiger partial charge on any atom is 0.273 e. The van der Waals surface area contributed by atoms with E-state index in [1.807, 2.05) is 0 Å². The molecule has 0 saturated heterocycles. The number of nitro benzene ring substituents is 1. The number of hydrogen-bond donors (Lipinski definition) is 0. The summed E-state index contributed by atoms with van der Waals surface area (Å²) in [5.74, 6) is 0.975. The summed E-state index contributed by atoms with van der Waals surface area (Å²) < 4.78 is 37.4. The van der Waals surface area contributed by atoms with Gasteiger partial charge in [0.1, 0.15) is 11.5 Å². The van der Waals surface area contributed by atoms with Crippen LogP contribution in [0.15, 0.2) is 41.3 Å². The minimum absolute atomic E-state index is 0.0167. The van der Waals surface area contributed by atoms with Crippen LogP contribution in [0.1, 0.15) is 11.1 Å². The van der Waals surface area contributed by atoms with E-state index in [1.54, 1.807) is 25.1 Å². The third-order valence-electron chi connectivity index (χ3n) is 4.00. The quantitative estimate of drug-likeness (QED) is 0.541. The van der Waals surface area contributed by atoms with Gasteiger partial charge in [-0.3, -0.25) is 10.1 Å². The Morgan fingerprint density at radius 2 is 1.69 bits per heavy atom. The van der Waals surface area contributed by atoms with E-state index in [0.717, 1.165) is 10.4 Å². The molecule has 2 rings (SSSR count). The second-order valence-corrected chi connectivity index (χ2v) is 7.65. The van der Waals surface area contributed by atoms with Crippen molar-refractivity contribution < 1.29 is 22.8 Å². The van der Waals surface area contributed by atoms with Gasteiger partial charge in [0.15, 0.2) is 0 Å². The first-order valence-electron chi connectivity index (χ1n) is 7.63. The minimum Gasteiger partial charge on any atom is -0.496 e.